The average molecular weight is 390 g/mol. The number of rotatable bonds is 7. The van der Waals surface area contributed by atoms with Gasteiger partial charge in [-0.1, -0.05) is 24.3 Å². The quantitative estimate of drug-likeness (QED) is 0.326. The van der Waals surface area contributed by atoms with Crippen molar-refractivity contribution in [3.05, 3.63) is 70.5 Å². The second-order valence-corrected chi connectivity index (χ2v) is 6.58. The number of non-ortho nitro benzene ring substituents is 1. The normalized spacial score (nSPS) is 10.9. The van der Waals surface area contributed by atoms with Crippen molar-refractivity contribution in [2.24, 2.45) is 0 Å². The van der Waals surface area contributed by atoms with E-state index in [0.717, 1.165) is 16.9 Å². The van der Waals surface area contributed by atoms with Crippen LogP contribution in [-0.4, -0.2) is 31.0 Å². The molecular weight excluding hydrogens is 372 g/mol. The third-order valence-electron chi connectivity index (χ3n) is 4.47. The molecule has 3 N–H and O–H groups in total. The Hall–Kier alpha value is -4.01. The predicted molar refractivity (Wildman–Crippen MR) is 108 cm³/mol. The van der Waals surface area contributed by atoms with Crippen LogP contribution in [0.2, 0.25) is 0 Å². The number of carbonyl (C=O) groups is 1. The fourth-order valence-electron chi connectivity index (χ4n) is 3.07. The summed E-state index contributed by atoms with van der Waals surface area (Å²) < 4.78 is 0. The maximum atomic E-state index is 12.2. The Balaban J connectivity index is 1.32. The molecule has 4 rings (SSSR count). The van der Waals surface area contributed by atoms with Crippen LogP contribution in [0.3, 0.4) is 0 Å². The van der Waals surface area contributed by atoms with Crippen molar-refractivity contribution in [2.45, 2.75) is 19.3 Å². The molecule has 2 heterocycles. The molecule has 0 aliphatic carbocycles. The Bertz CT molecular complexity index is 1150. The van der Waals surface area contributed by atoms with Crippen molar-refractivity contribution in [1.82, 2.24) is 20.2 Å². The first-order valence-electron chi connectivity index (χ1n) is 9.12. The number of fused-ring (bicyclic) bond motifs is 1. The SMILES string of the molecule is O=C(CCCc1nc2ccccc2[nH]1)Nc1cc(-c2cccc([N+](=O)[O-])c2)[nH]n1. The number of benzene rings is 2. The molecule has 2 aromatic heterocycles. The zero-order chi connectivity index (χ0) is 20.2. The molecule has 0 saturated carbocycles. The highest BCUT2D eigenvalue weighted by atomic mass is 16.6. The molecule has 0 spiro atoms. The summed E-state index contributed by atoms with van der Waals surface area (Å²) in [7, 11) is 0. The Labute approximate surface area is 165 Å². The number of para-hydroxylation sites is 2. The largest absolute Gasteiger partial charge is 0.342 e. The Kier molecular flexibility index (Phi) is 5.02. The lowest BCUT2D eigenvalue weighted by Crippen LogP contribution is -2.11. The number of hydrogen-bond acceptors (Lipinski definition) is 5. The zero-order valence-corrected chi connectivity index (χ0v) is 15.4. The number of aromatic amines is 2. The van der Waals surface area contributed by atoms with Crippen LogP contribution in [0.1, 0.15) is 18.7 Å². The van der Waals surface area contributed by atoms with E-state index in [1.807, 2.05) is 24.3 Å². The van der Waals surface area contributed by atoms with Gasteiger partial charge in [0.05, 0.1) is 21.7 Å². The second-order valence-electron chi connectivity index (χ2n) is 6.58. The van der Waals surface area contributed by atoms with Crippen LogP contribution >= 0.6 is 0 Å². The average Bonchev–Trinajstić information content (AvgIpc) is 3.34. The molecule has 29 heavy (non-hydrogen) atoms. The third kappa shape index (κ3) is 4.29. The molecule has 0 bridgehead atoms. The van der Waals surface area contributed by atoms with Gasteiger partial charge >= 0.3 is 0 Å². The minimum atomic E-state index is -0.454. The van der Waals surface area contributed by atoms with E-state index >= 15 is 0 Å². The lowest BCUT2D eigenvalue weighted by atomic mass is 10.1. The van der Waals surface area contributed by atoms with Gasteiger partial charge in [-0.2, -0.15) is 5.10 Å². The maximum absolute atomic E-state index is 12.2. The molecule has 0 atom stereocenters. The molecule has 0 radical (unpaired) electrons. The van der Waals surface area contributed by atoms with Gasteiger partial charge in [0.1, 0.15) is 5.82 Å². The summed E-state index contributed by atoms with van der Waals surface area (Å²) in [6.45, 7) is 0. The number of imidazole rings is 1. The summed E-state index contributed by atoms with van der Waals surface area (Å²) in [6, 6.07) is 15.7. The topological polar surface area (TPSA) is 130 Å². The standard InChI is InChI=1S/C20H18N6O3/c27-20(10-4-9-18-21-15-7-1-2-8-16(15)22-18)23-19-12-17(24-25-19)13-5-3-6-14(11-13)26(28)29/h1-3,5-8,11-12H,4,9-10H2,(H,21,22)(H2,23,24,25,27). The molecule has 146 valence electrons. The molecule has 0 unspecified atom stereocenters. The van der Waals surface area contributed by atoms with Crippen LogP contribution in [0.4, 0.5) is 11.5 Å². The summed E-state index contributed by atoms with van der Waals surface area (Å²) in [6.07, 6.45) is 1.64. The lowest BCUT2D eigenvalue weighted by Gasteiger charge is -2.00. The van der Waals surface area contributed by atoms with Crippen molar-refractivity contribution in [3.63, 3.8) is 0 Å². The van der Waals surface area contributed by atoms with Gasteiger partial charge in [0.15, 0.2) is 5.82 Å². The highest BCUT2D eigenvalue weighted by Crippen LogP contribution is 2.24. The smallest absolute Gasteiger partial charge is 0.270 e. The fourth-order valence-corrected chi connectivity index (χ4v) is 3.07. The number of nitrogens with zero attached hydrogens (tertiary/aromatic N) is 3. The highest BCUT2D eigenvalue weighted by molar-refractivity contribution is 5.90. The number of carbonyl (C=O) groups excluding carboxylic acids is 1. The molecule has 0 aliphatic heterocycles. The summed E-state index contributed by atoms with van der Waals surface area (Å²) >= 11 is 0. The first kappa shape index (κ1) is 18.4. The zero-order valence-electron chi connectivity index (χ0n) is 15.4. The Morgan fingerprint density at radius 2 is 2.00 bits per heavy atom. The number of nitro groups is 1. The summed E-state index contributed by atoms with van der Waals surface area (Å²) in [5.41, 5.74) is 3.10. The van der Waals surface area contributed by atoms with Crippen molar-refractivity contribution in [2.75, 3.05) is 5.32 Å². The van der Waals surface area contributed by atoms with Gasteiger partial charge in [-0.15, -0.1) is 0 Å². The van der Waals surface area contributed by atoms with Crippen molar-refractivity contribution in [1.29, 1.82) is 0 Å². The first-order chi connectivity index (χ1) is 14.1. The maximum Gasteiger partial charge on any atom is 0.270 e. The fraction of sp³-hybridized carbons (Fsp3) is 0.150. The number of nitrogens with one attached hydrogen (secondary N) is 3. The van der Waals surface area contributed by atoms with Gasteiger partial charge in [0.25, 0.3) is 5.69 Å². The number of aryl methyl sites for hydroxylation is 1. The van der Waals surface area contributed by atoms with E-state index in [1.165, 1.54) is 12.1 Å². The van der Waals surface area contributed by atoms with E-state index in [-0.39, 0.29) is 11.6 Å². The van der Waals surface area contributed by atoms with Crippen molar-refractivity contribution >= 4 is 28.4 Å². The molecule has 1 amide bonds. The van der Waals surface area contributed by atoms with Crippen LogP contribution in [0.15, 0.2) is 54.6 Å². The minimum Gasteiger partial charge on any atom is -0.342 e. The highest BCUT2D eigenvalue weighted by Gasteiger charge is 2.11. The van der Waals surface area contributed by atoms with Gasteiger partial charge in [0.2, 0.25) is 5.91 Å². The number of hydrogen-bond donors (Lipinski definition) is 3. The molecule has 0 fully saturated rings. The monoisotopic (exact) mass is 390 g/mol. The number of anilines is 1. The number of amides is 1. The Morgan fingerprint density at radius 3 is 2.83 bits per heavy atom. The van der Waals surface area contributed by atoms with Crippen molar-refractivity contribution < 1.29 is 9.72 Å². The van der Waals surface area contributed by atoms with E-state index in [2.05, 4.69) is 25.5 Å². The lowest BCUT2D eigenvalue weighted by molar-refractivity contribution is -0.384. The van der Waals surface area contributed by atoms with Gasteiger partial charge in [-0.05, 0) is 18.6 Å². The number of nitro benzene ring substituents is 1. The number of H-pyrrole nitrogens is 2. The van der Waals surface area contributed by atoms with Crippen LogP contribution in [-0.2, 0) is 11.2 Å². The minimum absolute atomic E-state index is 0.00623. The van der Waals surface area contributed by atoms with Gasteiger partial charge in [-0.25, -0.2) is 4.98 Å². The summed E-state index contributed by atoms with van der Waals surface area (Å²) in [5.74, 6) is 1.07. The second kappa shape index (κ2) is 7.93. The predicted octanol–water partition coefficient (Wildman–Crippen LogP) is 3.82. The van der Waals surface area contributed by atoms with E-state index < -0.39 is 4.92 Å². The van der Waals surface area contributed by atoms with Crippen LogP contribution in [0.5, 0.6) is 0 Å². The van der Waals surface area contributed by atoms with Crippen molar-refractivity contribution in [3.8, 4) is 11.3 Å². The summed E-state index contributed by atoms with van der Waals surface area (Å²) in [5, 5.41) is 20.5. The molecular formula is C20H18N6O3. The first-order valence-corrected chi connectivity index (χ1v) is 9.12. The molecule has 4 aromatic rings. The van der Waals surface area contributed by atoms with Gasteiger partial charge in [-0.3, -0.25) is 20.0 Å². The molecule has 0 saturated heterocycles. The van der Waals surface area contributed by atoms with E-state index in [1.54, 1.807) is 18.2 Å². The van der Waals surface area contributed by atoms with Crippen LogP contribution in [0, 0.1) is 10.1 Å². The Morgan fingerprint density at radius 1 is 1.14 bits per heavy atom. The molecule has 2 aromatic carbocycles. The third-order valence-corrected chi connectivity index (χ3v) is 4.47. The van der Waals surface area contributed by atoms with Gasteiger partial charge < -0.3 is 10.3 Å². The number of aromatic nitrogens is 4. The molecule has 9 heteroatoms. The van der Waals surface area contributed by atoms with E-state index in [9.17, 15) is 14.9 Å². The molecule has 0 aliphatic rings. The van der Waals surface area contributed by atoms with E-state index in [0.29, 0.717) is 36.3 Å². The van der Waals surface area contributed by atoms with Crippen LogP contribution in [0.25, 0.3) is 22.3 Å². The summed E-state index contributed by atoms with van der Waals surface area (Å²) in [4.78, 5) is 30.4. The van der Waals surface area contributed by atoms with Crippen LogP contribution < -0.4 is 5.32 Å². The molecule has 9 nitrogen and oxygen atoms in total. The van der Waals surface area contributed by atoms with Gasteiger partial charge in [0, 0.05) is 36.6 Å². The van der Waals surface area contributed by atoms with E-state index in [4.69, 9.17) is 0 Å².